The van der Waals surface area contributed by atoms with Gasteiger partial charge in [0.25, 0.3) is 0 Å². The van der Waals surface area contributed by atoms with Crippen LogP contribution in [0.1, 0.15) is 29.6 Å². The molecule has 0 amide bonds. The van der Waals surface area contributed by atoms with E-state index in [2.05, 4.69) is 10.3 Å². The van der Waals surface area contributed by atoms with Gasteiger partial charge >= 0.3 is 6.18 Å². The smallest absolute Gasteiger partial charge is 0.309 e. The number of hydrogen-bond donors (Lipinski definition) is 1. The molecule has 6 heteroatoms. The van der Waals surface area contributed by atoms with Gasteiger partial charge in [0.1, 0.15) is 5.01 Å². The van der Waals surface area contributed by atoms with E-state index in [0.29, 0.717) is 0 Å². The first-order chi connectivity index (χ1) is 7.04. The van der Waals surface area contributed by atoms with Gasteiger partial charge in [-0.25, -0.2) is 4.98 Å². The molecule has 1 saturated heterocycles. The van der Waals surface area contributed by atoms with E-state index in [-0.39, 0.29) is 11.0 Å². The molecule has 84 valence electrons. The van der Waals surface area contributed by atoms with Crippen LogP contribution in [0.4, 0.5) is 13.2 Å². The third kappa shape index (κ3) is 2.92. The van der Waals surface area contributed by atoms with Crippen molar-refractivity contribution in [2.24, 2.45) is 0 Å². The van der Waals surface area contributed by atoms with Gasteiger partial charge in [0, 0.05) is 5.38 Å². The number of hydrogen-bond acceptors (Lipinski definition) is 3. The molecule has 2 heterocycles. The average Bonchev–Trinajstić information content (AvgIpc) is 2.68. The van der Waals surface area contributed by atoms with Gasteiger partial charge in [-0.15, -0.1) is 11.3 Å². The molecule has 0 radical (unpaired) electrons. The molecular weight excluding hydrogens is 225 g/mol. The van der Waals surface area contributed by atoms with Crippen LogP contribution in [0.5, 0.6) is 0 Å². The maximum atomic E-state index is 12.1. The lowest BCUT2D eigenvalue weighted by Gasteiger charge is -2.05. The lowest BCUT2D eigenvalue weighted by atomic mass is 10.2. The van der Waals surface area contributed by atoms with Gasteiger partial charge in [-0.3, -0.25) is 0 Å². The third-order valence-corrected chi connectivity index (χ3v) is 3.21. The molecule has 1 aromatic rings. The predicted octanol–water partition coefficient (Wildman–Crippen LogP) is 2.67. The van der Waals surface area contributed by atoms with Crippen LogP contribution >= 0.6 is 11.3 Å². The lowest BCUT2D eigenvalue weighted by molar-refractivity contribution is -0.127. The van der Waals surface area contributed by atoms with Crippen molar-refractivity contribution in [1.29, 1.82) is 0 Å². The summed E-state index contributed by atoms with van der Waals surface area (Å²) in [5.74, 6) is 0. The first kappa shape index (κ1) is 10.9. The zero-order valence-corrected chi connectivity index (χ0v) is 8.79. The quantitative estimate of drug-likeness (QED) is 0.854. The number of aromatic nitrogens is 1. The van der Waals surface area contributed by atoms with Crippen LogP contribution in [-0.4, -0.2) is 17.7 Å². The molecule has 0 aliphatic carbocycles. The van der Waals surface area contributed by atoms with Crippen LogP contribution in [0.2, 0.25) is 0 Å². The Labute approximate surface area is 89.5 Å². The van der Waals surface area contributed by atoms with Gasteiger partial charge in [0.2, 0.25) is 0 Å². The van der Waals surface area contributed by atoms with Crippen LogP contribution in [0, 0.1) is 0 Å². The second kappa shape index (κ2) is 4.09. The first-order valence-corrected chi connectivity index (χ1v) is 5.67. The predicted molar refractivity (Wildman–Crippen MR) is 51.9 cm³/mol. The van der Waals surface area contributed by atoms with Crippen molar-refractivity contribution in [1.82, 2.24) is 10.3 Å². The Morgan fingerprint density at radius 2 is 2.33 bits per heavy atom. The molecule has 1 N–H and O–H groups in total. The maximum Gasteiger partial charge on any atom is 0.395 e. The fourth-order valence-electron chi connectivity index (χ4n) is 1.67. The molecule has 1 aliphatic heterocycles. The summed E-state index contributed by atoms with van der Waals surface area (Å²) in [6, 6.07) is 0.156. The van der Waals surface area contributed by atoms with Crippen molar-refractivity contribution >= 4 is 11.3 Å². The van der Waals surface area contributed by atoms with Gasteiger partial charge in [-0.05, 0) is 19.4 Å². The molecule has 0 saturated carbocycles. The van der Waals surface area contributed by atoms with Gasteiger partial charge < -0.3 is 5.32 Å². The van der Waals surface area contributed by atoms with E-state index < -0.39 is 12.6 Å². The Bertz CT molecular complexity index is 328. The minimum Gasteiger partial charge on any atom is -0.309 e. The molecule has 1 aliphatic rings. The fourth-order valence-corrected chi connectivity index (χ4v) is 2.55. The molecule has 1 atom stereocenters. The van der Waals surface area contributed by atoms with Gasteiger partial charge in [0.15, 0.2) is 0 Å². The van der Waals surface area contributed by atoms with Crippen molar-refractivity contribution < 1.29 is 13.2 Å². The summed E-state index contributed by atoms with van der Waals surface area (Å²) in [5, 5.41) is 5.10. The van der Waals surface area contributed by atoms with Crippen molar-refractivity contribution in [3.63, 3.8) is 0 Å². The minimum absolute atomic E-state index is 0.156. The molecule has 2 rings (SSSR count). The van der Waals surface area contributed by atoms with Gasteiger partial charge in [-0.1, -0.05) is 0 Å². The number of thiazole rings is 1. The fraction of sp³-hybridized carbons (Fsp3) is 0.667. The summed E-state index contributed by atoms with van der Waals surface area (Å²) >= 11 is 1.09. The monoisotopic (exact) mass is 236 g/mol. The number of nitrogens with zero attached hydrogens (tertiary/aromatic N) is 1. The zero-order chi connectivity index (χ0) is 10.9. The summed E-state index contributed by atoms with van der Waals surface area (Å²) in [6.07, 6.45) is -3.03. The molecule has 1 unspecified atom stereocenters. The van der Waals surface area contributed by atoms with Crippen LogP contribution in [0.15, 0.2) is 5.38 Å². The summed E-state index contributed by atoms with van der Waals surface area (Å²) in [7, 11) is 0. The Hall–Kier alpha value is -0.620. The van der Waals surface area contributed by atoms with Crippen LogP contribution in [0.3, 0.4) is 0 Å². The highest BCUT2D eigenvalue weighted by atomic mass is 32.1. The molecule has 2 nitrogen and oxygen atoms in total. The van der Waals surface area contributed by atoms with Crippen molar-refractivity contribution in [2.75, 3.05) is 6.54 Å². The summed E-state index contributed by atoms with van der Waals surface area (Å²) in [4.78, 5) is 4.01. The minimum atomic E-state index is -4.15. The summed E-state index contributed by atoms with van der Waals surface area (Å²) < 4.78 is 36.2. The first-order valence-electron chi connectivity index (χ1n) is 4.79. The van der Waals surface area contributed by atoms with Crippen molar-refractivity contribution in [3.05, 3.63) is 16.1 Å². The van der Waals surface area contributed by atoms with Gasteiger partial charge in [-0.2, -0.15) is 13.2 Å². The Morgan fingerprint density at radius 1 is 1.53 bits per heavy atom. The molecule has 0 aromatic carbocycles. The van der Waals surface area contributed by atoms with Gasteiger partial charge in [0.05, 0.1) is 18.2 Å². The molecule has 15 heavy (non-hydrogen) atoms. The summed E-state index contributed by atoms with van der Waals surface area (Å²) in [6.45, 7) is 0.927. The molecular formula is C9H11F3N2S. The largest absolute Gasteiger partial charge is 0.395 e. The highest BCUT2D eigenvalue weighted by molar-refractivity contribution is 7.09. The Kier molecular flexibility index (Phi) is 2.97. The molecule has 1 aromatic heterocycles. The zero-order valence-electron chi connectivity index (χ0n) is 7.97. The normalized spacial score (nSPS) is 22.2. The lowest BCUT2D eigenvalue weighted by Crippen LogP contribution is -2.14. The average molecular weight is 236 g/mol. The second-order valence-corrected chi connectivity index (χ2v) is 4.55. The Morgan fingerprint density at radius 3 is 2.93 bits per heavy atom. The Balaban J connectivity index is 2.03. The topological polar surface area (TPSA) is 24.9 Å². The SMILES string of the molecule is FC(F)(F)Cc1nc(C2CCCN2)cs1. The second-order valence-electron chi connectivity index (χ2n) is 3.61. The molecule has 0 bridgehead atoms. The van der Waals surface area contributed by atoms with Crippen molar-refractivity contribution in [3.8, 4) is 0 Å². The third-order valence-electron chi connectivity index (χ3n) is 2.34. The van der Waals surface area contributed by atoms with E-state index in [1.807, 2.05) is 0 Å². The van der Waals surface area contributed by atoms with Crippen LogP contribution in [-0.2, 0) is 6.42 Å². The maximum absolute atomic E-state index is 12.1. The van der Waals surface area contributed by atoms with E-state index in [0.717, 1.165) is 36.4 Å². The van der Waals surface area contributed by atoms with E-state index in [1.54, 1.807) is 5.38 Å². The van der Waals surface area contributed by atoms with E-state index >= 15 is 0 Å². The highest BCUT2D eigenvalue weighted by Gasteiger charge is 2.30. The number of nitrogens with one attached hydrogen (secondary N) is 1. The summed E-state index contributed by atoms with van der Waals surface area (Å²) in [5.41, 5.74) is 0.761. The van der Waals surface area contributed by atoms with E-state index in [4.69, 9.17) is 0 Å². The number of alkyl halides is 3. The number of halogens is 3. The van der Waals surface area contributed by atoms with Crippen LogP contribution in [0.25, 0.3) is 0 Å². The highest BCUT2D eigenvalue weighted by Crippen LogP contribution is 2.28. The van der Waals surface area contributed by atoms with Crippen molar-refractivity contribution in [2.45, 2.75) is 31.5 Å². The molecule has 1 fully saturated rings. The van der Waals surface area contributed by atoms with Crippen LogP contribution < -0.4 is 5.32 Å². The van der Waals surface area contributed by atoms with E-state index in [9.17, 15) is 13.2 Å². The standard InChI is InChI=1S/C9H11F3N2S/c10-9(11,12)4-8-14-7(5-15-8)6-2-1-3-13-6/h5-6,13H,1-4H2. The molecule has 0 spiro atoms. The van der Waals surface area contributed by atoms with E-state index in [1.165, 1.54) is 0 Å². The number of rotatable bonds is 2.